The van der Waals surface area contributed by atoms with Gasteiger partial charge in [-0.15, -0.1) is 10.2 Å². The van der Waals surface area contributed by atoms with E-state index in [1.165, 1.54) is 11.3 Å². The second-order valence-corrected chi connectivity index (χ2v) is 8.01. The zero-order chi connectivity index (χ0) is 19.4. The molecule has 0 unspecified atom stereocenters. The first-order valence-electron chi connectivity index (χ1n) is 9.09. The minimum absolute atomic E-state index is 0.00293. The Kier molecular flexibility index (Phi) is 6.05. The standard InChI is InChI=1S/C19H24N4O3S/c1-12-5-4-6-13(2)23(12)17(24)11-26-16-9-7-15(8-10-16)18(25)20-19-22-21-14(3)27-19/h7-10,12-13H,4-6,11H2,1-3H3,(H,20,22,25)/t12-,13+. The monoisotopic (exact) mass is 388 g/mol. The molecule has 1 fully saturated rings. The summed E-state index contributed by atoms with van der Waals surface area (Å²) in [6.07, 6.45) is 3.23. The van der Waals surface area contributed by atoms with E-state index in [0.29, 0.717) is 16.4 Å². The van der Waals surface area contributed by atoms with Gasteiger partial charge in [-0.1, -0.05) is 11.3 Å². The van der Waals surface area contributed by atoms with Crippen LogP contribution in [-0.2, 0) is 4.79 Å². The number of likely N-dealkylation sites (tertiary alicyclic amines) is 1. The van der Waals surface area contributed by atoms with Crippen LogP contribution < -0.4 is 10.1 Å². The van der Waals surface area contributed by atoms with E-state index in [1.807, 2.05) is 11.8 Å². The van der Waals surface area contributed by atoms with Gasteiger partial charge in [-0.2, -0.15) is 0 Å². The largest absolute Gasteiger partial charge is 0.484 e. The molecule has 3 rings (SSSR count). The summed E-state index contributed by atoms with van der Waals surface area (Å²) < 4.78 is 5.63. The number of aryl methyl sites for hydroxylation is 1. The molecule has 2 atom stereocenters. The van der Waals surface area contributed by atoms with Crippen LogP contribution in [0.3, 0.4) is 0 Å². The van der Waals surface area contributed by atoms with Crippen LogP contribution in [0, 0.1) is 6.92 Å². The molecule has 0 spiro atoms. The van der Waals surface area contributed by atoms with Gasteiger partial charge in [-0.25, -0.2) is 0 Å². The van der Waals surface area contributed by atoms with Gasteiger partial charge >= 0.3 is 0 Å². The number of amides is 2. The average molecular weight is 388 g/mol. The molecular weight excluding hydrogens is 364 g/mol. The maximum atomic E-state index is 12.5. The number of ether oxygens (including phenoxy) is 1. The molecule has 1 aromatic carbocycles. The smallest absolute Gasteiger partial charge is 0.260 e. The summed E-state index contributed by atoms with van der Waals surface area (Å²) in [6.45, 7) is 6.00. The van der Waals surface area contributed by atoms with Crippen molar-refractivity contribution < 1.29 is 14.3 Å². The molecular formula is C19H24N4O3S. The van der Waals surface area contributed by atoms with E-state index in [0.717, 1.165) is 24.3 Å². The predicted octanol–water partition coefficient (Wildman–Crippen LogP) is 3.27. The molecule has 8 heteroatoms. The second-order valence-electron chi connectivity index (χ2n) is 6.82. The van der Waals surface area contributed by atoms with Crippen molar-refractivity contribution in [3.63, 3.8) is 0 Å². The number of hydrogen-bond donors (Lipinski definition) is 1. The SMILES string of the molecule is Cc1nnc(NC(=O)c2ccc(OCC(=O)N3[C@H](C)CCC[C@@H]3C)cc2)s1. The number of nitrogens with zero attached hydrogens (tertiary/aromatic N) is 3. The summed E-state index contributed by atoms with van der Waals surface area (Å²) in [5, 5.41) is 11.7. The van der Waals surface area contributed by atoms with Gasteiger partial charge in [0.15, 0.2) is 6.61 Å². The van der Waals surface area contributed by atoms with Gasteiger partial charge in [0.2, 0.25) is 5.13 Å². The summed E-state index contributed by atoms with van der Waals surface area (Å²) in [5.74, 6) is 0.303. The Morgan fingerprint density at radius 3 is 2.44 bits per heavy atom. The number of aromatic nitrogens is 2. The van der Waals surface area contributed by atoms with E-state index in [2.05, 4.69) is 29.4 Å². The highest BCUT2D eigenvalue weighted by atomic mass is 32.1. The summed E-state index contributed by atoms with van der Waals surface area (Å²) >= 11 is 1.32. The third kappa shape index (κ3) is 4.82. The van der Waals surface area contributed by atoms with Gasteiger partial charge < -0.3 is 9.64 Å². The molecule has 0 saturated carbocycles. The number of hydrogen-bond acceptors (Lipinski definition) is 6. The van der Waals surface area contributed by atoms with Crippen LogP contribution in [0.15, 0.2) is 24.3 Å². The maximum absolute atomic E-state index is 12.5. The van der Waals surface area contributed by atoms with Crippen molar-refractivity contribution in [3.05, 3.63) is 34.8 Å². The molecule has 144 valence electrons. The number of carbonyl (C=O) groups excluding carboxylic acids is 2. The fourth-order valence-electron chi connectivity index (χ4n) is 3.35. The van der Waals surface area contributed by atoms with Crippen LogP contribution >= 0.6 is 11.3 Å². The van der Waals surface area contributed by atoms with Crippen molar-refractivity contribution >= 4 is 28.3 Å². The topological polar surface area (TPSA) is 84.4 Å². The first-order chi connectivity index (χ1) is 12.9. The van der Waals surface area contributed by atoms with E-state index < -0.39 is 0 Å². The molecule has 0 aliphatic carbocycles. The van der Waals surface area contributed by atoms with Gasteiger partial charge in [0, 0.05) is 17.6 Å². The molecule has 2 heterocycles. The number of carbonyl (C=O) groups is 2. The predicted molar refractivity (Wildman–Crippen MR) is 104 cm³/mol. The van der Waals surface area contributed by atoms with E-state index in [-0.39, 0.29) is 30.5 Å². The number of anilines is 1. The lowest BCUT2D eigenvalue weighted by atomic mass is 9.97. The van der Waals surface area contributed by atoms with Gasteiger partial charge in [0.1, 0.15) is 10.8 Å². The van der Waals surface area contributed by atoms with Crippen LogP contribution in [0.5, 0.6) is 5.75 Å². The molecule has 1 aromatic heterocycles. The zero-order valence-corrected chi connectivity index (χ0v) is 16.6. The molecule has 2 aromatic rings. The van der Waals surface area contributed by atoms with Gasteiger partial charge in [0.25, 0.3) is 11.8 Å². The Bertz CT molecular complexity index is 796. The number of nitrogens with one attached hydrogen (secondary N) is 1. The molecule has 7 nitrogen and oxygen atoms in total. The molecule has 0 radical (unpaired) electrons. The van der Waals surface area contributed by atoms with E-state index in [4.69, 9.17) is 4.74 Å². The summed E-state index contributed by atoms with van der Waals surface area (Å²) in [4.78, 5) is 26.6. The Hall–Kier alpha value is -2.48. The Labute approximate surface area is 162 Å². The first-order valence-corrected chi connectivity index (χ1v) is 9.91. The quantitative estimate of drug-likeness (QED) is 0.850. The normalized spacial score (nSPS) is 19.6. The number of benzene rings is 1. The third-order valence-electron chi connectivity index (χ3n) is 4.71. The third-order valence-corrected chi connectivity index (χ3v) is 5.46. The maximum Gasteiger partial charge on any atom is 0.260 e. The highest BCUT2D eigenvalue weighted by Gasteiger charge is 2.28. The van der Waals surface area contributed by atoms with Gasteiger partial charge in [-0.3, -0.25) is 14.9 Å². The molecule has 1 aliphatic rings. The zero-order valence-electron chi connectivity index (χ0n) is 15.8. The minimum Gasteiger partial charge on any atom is -0.484 e. The lowest BCUT2D eigenvalue weighted by Crippen LogP contribution is -2.49. The molecule has 1 N–H and O–H groups in total. The lowest BCUT2D eigenvalue weighted by molar-refractivity contribution is -0.139. The van der Waals surface area contributed by atoms with Crippen molar-refractivity contribution in [1.82, 2.24) is 15.1 Å². The Balaban J connectivity index is 1.54. The molecule has 27 heavy (non-hydrogen) atoms. The van der Waals surface area contributed by atoms with E-state index >= 15 is 0 Å². The molecule has 1 saturated heterocycles. The van der Waals surface area contributed by atoms with Crippen LogP contribution in [-0.4, -0.2) is 45.6 Å². The van der Waals surface area contributed by atoms with Crippen LogP contribution in [0.4, 0.5) is 5.13 Å². The average Bonchev–Trinajstić information content (AvgIpc) is 3.05. The van der Waals surface area contributed by atoms with Gasteiger partial charge in [0.05, 0.1) is 0 Å². The Morgan fingerprint density at radius 2 is 1.85 bits per heavy atom. The second kappa shape index (κ2) is 8.47. The highest BCUT2D eigenvalue weighted by molar-refractivity contribution is 7.15. The summed E-state index contributed by atoms with van der Waals surface area (Å²) in [6, 6.07) is 7.21. The fourth-order valence-corrected chi connectivity index (χ4v) is 3.94. The van der Waals surface area contributed by atoms with Crippen molar-refractivity contribution in [3.8, 4) is 5.75 Å². The van der Waals surface area contributed by atoms with Crippen molar-refractivity contribution in [2.24, 2.45) is 0 Å². The number of rotatable bonds is 5. The van der Waals surface area contributed by atoms with Gasteiger partial charge in [-0.05, 0) is 64.3 Å². The summed E-state index contributed by atoms with van der Waals surface area (Å²) in [7, 11) is 0. The minimum atomic E-state index is -0.259. The van der Waals surface area contributed by atoms with Crippen LogP contribution in [0.2, 0.25) is 0 Å². The highest BCUT2D eigenvalue weighted by Crippen LogP contribution is 2.23. The molecule has 0 bridgehead atoms. The van der Waals surface area contributed by atoms with Crippen LogP contribution in [0.25, 0.3) is 0 Å². The van der Waals surface area contributed by atoms with Crippen molar-refractivity contribution in [2.45, 2.75) is 52.1 Å². The van der Waals surface area contributed by atoms with Crippen molar-refractivity contribution in [1.29, 1.82) is 0 Å². The lowest BCUT2D eigenvalue weighted by Gasteiger charge is -2.38. The van der Waals surface area contributed by atoms with Crippen LogP contribution in [0.1, 0.15) is 48.5 Å². The first kappa shape index (κ1) is 19.3. The molecule has 2 amide bonds. The Morgan fingerprint density at radius 1 is 1.19 bits per heavy atom. The molecule has 1 aliphatic heterocycles. The van der Waals surface area contributed by atoms with E-state index in [1.54, 1.807) is 24.3 Å². The number of piperidine rings is 1. The van der Waals surface area contributed by atoms with Crippen molar-refractivity contribution in [2.75, 3.05) is 11.9 Å². The summed E-state index contributed by atoms with van der Waals surface area (Å²) in [5.41, 5.74) is 0.486. The van der Waals surface area contributed by atoms with E-state index in [9.17, 15) is 9.59 Å². The fraction of sp³-hybridized carbons (Fsp3) is 0.474.